The summed E-state index contributed by atoms with van der Waals surface area (Å²) in [4.78, 5) is 11.1. The zero-order valence-electron chi connectivity index (χ0n) is 13.7. The first kappa shape index (κ1) is 17.0. The Bertz CT molecular complexity index is 864. The lowest BCUT2D eigenvalue weighted by Crippen LogP contribution is -2.20. The molecule has 0 unspecified atom stereocenters. The van der Waals surface area contributed by atoms with E-state index in [4.69, 9.17) is 9.26 Å². The van der Waals surface area contributed by atoms with Gasteiger partial charge < -0.3 is 9.26 Å². The summed E-state index contributed by atoms with van der Waals surface area (Å²) in [5.74, 6) is 0.681. The Morgan fingerprint density at radius 3 is 1.84 bits per heavy atom. The fourth-order valence-electron chi connectivity index (χ4n) is 2.48. The number of carbonyl (C=O) groups excluding carboxylic acids is 1. The lowest BCUT2D eigenvalue weighted by atomic mass is 10.2. The van der Waals surface area contributed by atoms with Gasteiger partial charge in [-0.3, -0.25) is 9.36 Å². The van der Waals surface area contributed by atoms with Crippen LogP contribution in [-0.2, 0) is 4.57 Å². The van der Waals surface area contributed by atoms with Crippen molar-refractivity contribution in [2.75, 3.05) is 7.11 Å². The summed E-state index contributed by atoms with van der Waals surface area (Å²) >= 11 is 0. The summed E-state index contributed by atoms with van der Waals surface area (Å²) in [6, 6.07) is 22.8. The number of carbonyl (C=O) groups is 1. The van der Waals surface area contributed by atoms with Crippen LogP contribution in [0.5, 0.6) is 11.5 Å². The van der Waals surface area contributed by atoms with Gasteiger partial charge in [0.15, 0.2) is 11.5 Å². The topological polar surface area (TPSA) is 52.6 Å². The minimum Gasteiger partial charge on any atom is -0.493 e. The van der Waals surface area contributed by atoms with E-state index in [1.807, 2.05) is 36.4 Å². The summed E-state index contributed by atoms with van der Waals surface area (Å²) in [6.07, 6.45) is 0.711. The first-order valence-corrected chi connectivity index (χ1v) is 9.34. The molecule has 4 nitrogen and oxygen atoms in total. The fourth-order valence-corrected chi connectivity index (χ4v) is 4.54. The van der Waals surface area contributed by atoms with Crippen LogP contribution < -0.4 is 19.9 Å². The summed E-state index contributed by atoms with van der Waals surface area (Å²) in [5, 5.41) is 1.14. The van der Waals surface area contributed by atoms with Crippen LogP contribution in [0.3, 0.4) is 0 Å². The Balaban J connectivity index is 2.15. The summed E-state index contributed by atoms with van der Waals surface area (Å²) in [5.41, 5.74) is 0.420. The summed E-state index contributed by atoms with van der Waals surface area (Å²) in [6.45, 7) is 0. The van der Waals surface area contributed by atoms with E-state index in [9.17, 15) is 9.36 Å². The first-order valence-electron chi connectivity index (χ1n) is 7.71. The maximum Gasteiger partial charge on any atom is 0.306 e. The highest BCUT2D eigenvalue weighted by molar-refractivity contribution is 7.74. The molecule has 0 heterocycles. The third-order valence-electron chi connectivity index (χ3n) is 3.74. The molecule has 0 saturated heterocycles. The smallest absolute Gasteiger partial charge is 0.306 e. The zero-order valence-corrected chi connectivity index (χ0v) is 14.6. The average molecular weight is 352 g/mol. The molecule has 0 fully saturated rings. The maximum absolute atomic E-state index is 13.9. The van der Waals surface area contributed by atoms with Crippen molar-refractivity contribution in [1.29, 1.82) is 0 Å². The van der Waals surface area contributed by atoms with Gasteiger partial charge >= 0.3 is 7.37 Å². The molecule has 0 amide bonds. The maximum atomic E-state index is 13.9. The molecule has 0 aliphatic heterocycles. The Labute approximate surface area is 146 Å². The molecule has 5 heteroatoms. The normalized spacial score (nSPS) is 10.9. The minimum atomic E-state index is -3.41. The van der Waals surface area contributed by atoms with Crippen LogP contribution in [0.1, 0.15) is 10.4 Å². The van der Waals surface area contributed by atoms with Gasteiger partial charge in [0.25, 0.3) is 0 Å². The van der Waals surface area contributed by atoms with Gasteiger partial charge in [0.05, 0.1) is 17.7 Å². The van der Waals surface area contributed by atoms with Gasteiger partial charge in [-0.2, -0.15) is 0 Å². The molecule has 0 saturated carbocycles. The molecule has 3 rings (SSSR count). The van der Waals surface area contributed by atoms with Crippen LogP contribution in [0.4, 0.5) is 0 Å². The van der Waals surface area contributed by atoms with E-state index in [1.165, 1.54) is 13.2 Å². The van der Waals surface area contributed by atoms with Gasteiger partial charge in [0, 0.05) is 5.56 Å². The lowest BCUT2D eigenvalue weighted by molar-refractivity contribution is 0.112. The number of ether oxygens (including phenoxy) is 1. The number of benzene rings is 3. The number of hydrogen-bond donors (Lipinski definition) is 0. The zero-order chi connectivity index (χ0) is 17.7. The van der Waals surface area contributed by atoms with Gasteiger partial charge in [-0.15, -0.1) is 0 Å². The van der Waals surface area contributed by atoms with Gasteiger partial charge in [-0.25, -0.2) is 0 Å². The van der Waals surface area contributed by atoms with Gasteiger partial charge in [-0.05, 0) is 42.5 Å². The van der Waals surface area contributed by atoms with E-state index in [0.717, 1.165) is 0 Å². The summed E-state index contributed by atoms with van der Waals surface area (Å²) < 4.78 is 25.2. The van der Waals surface area contributed by atoms with Crippen LogP contribution in [0.25, 0.3) is 0 Å². The Hall–Kier alpha value is -2.84. The second kappa shape index (κ2) is 7.37. The Kier molecular flexibility index (Phi) is 5.01. The van der Waals surface area contributed by atoms with Crippen molar-refractivity contribution in [2.24, 2.45) is 0 Å². The predicted molar refractivity (Wildman–Crippen MR) is 98.8 cm³/mol. The third-order valence-corrected chi connectivity index (χ3v) is 6.15. The number of rotatable bonds is 6. The highest BCUT2D eigenvalue weighted by Crippen LogP contribution is 2.47. The van der Waals surface area contributed by atoms with Gasteiger partial charge in [0.1, 0.15) is 6.29 Å². The van der Waals surface area contributed by atoms with Gasteiger partial charge in [-0.1, -0.05) is 36.4 Å². The van der Waals surface area contributed by atoms with Crippen LogP contribution in [0.2, 0.25) is 0 Å². The number of aldehydes is 1. The van der Waals surface area contributed by atoms with E-state index in [1.54, 1.807) is 36.4 Å². The molecule has 0 bridgehead atoms. The van der Waals surface area contributed by atoms with Crippen molar-refractivity contribution in [3.8, 4) is 11.5 Å². The standard InChI is InChI=1S/C20H17O4P/c1-23-19-13-12-16(15-21)14-20(19)24-25(22,17-8-4-2-5-9-17)18-10-6-3-7-11-18/h2-15H,1H3. The van der Waals surface area contributed by atoms with Crippen LogP contribution >= 0.6 is 7.37 Å². The van der Waals surface area contributed by atoms with E-state index in [-0.39, 0.29) is 5.75 Å². The molecule has 0 N–H and O–H groups in total. The van der Waals surface area contributed by atoms with Crippen molar-refractivity contribution in [3.63, 3.8) is 0 Å². The second-order valence-corrected chi connectivity index (χ2v) is 7.66. The quantitative estimate of drug-likeness (QED) is 0.500. The van der Waals surface area contributed by atoms with Crippen molar-refractivity contribution in [1.82, 2.24) is 0 Å². The highest BCUT2D eigenvalue weighted by Gasteiger charge is 2.31. The molecule has 0 atom stereocenters. The first-order chi connectivity index (χ1) is 12.2. The fraction of sp³-hybridized carbons (Fsp3) is 0.0500. The van der Waals surface area contributed by atoms with E-state index < -0.39 is 7.37 Å². The van der Waals surface area contributed by atoms with Crippen LogP contribution in [0, 0.1) is 0 Å². The number of methoxy groups -OCH3 is 1. The highest BCUT2D eigenvalue weighted by atomic mass is 31.2. The SMILES string of the molecule is COc1ccc(C=O)cc1OP(=O)(c1ccccc1)c1ccccc1. The molecule has 0 radical (unpaired) electrons. The van der Waals surface area contributed by atoms with E-state index in [2.05, 4.69) is 0 Å². The molecule has 25 heavy (non-hydrogen) atoms. The molecular formula is C20H17O4P. The molecular weight excluding hydrogens is 335 g/mol. The average Bonchev–Trinajstić information content (AvgIpc) is 2.69. The number of hydrogen-bond acceptors (Lipinski definition) is 4. The lowest BCUT2D eigenvalue weighted by Gasteiger charge is -2.21. The molecule has 126 valence electrons. The molecule has 0 aliphatic carbocycles. The van der Waals surface area contributed by atoms with Crippen molar-refractivity contribution in [3.05, 3.63) is 84.4 Å². The second-order valence-electron chi connectivity index (χ2n) is 5.34. The minimum absolute atomic E-state index is 0.267. The summed E-state index contributed by atoms with van der Waals surface area (Å²) in [7, 11) is -1.91. The molecule has 3 aromatic rings. The third kappa shape index (κ3) is 3.49. The van der Waals surface area contributed by atoms with Crippen LogP contribution in [-0.4, -0.2) is 13.4 Å². The van der Waals surface area contributed by atoms with Crippen molar-refractivity contribution >= 4 is 24.3 Å². The van der Waals surface area contributed by atoms with E-state index >= 15 is 0 Å². The largest absolute Gasteiger partial charge is 0.493 e. The van der Waals surface area contributed by atoms with Crippen molar-refractivity contribution in [2.45, 2.75) is 0 Å². The van der Waals surface area contributed by atoms with Crippen LogP contribution in [0.15, 0.2) is 78.9 Å². The Morgan fingerprint density at radius 2 is 1.36 bits per heavy atom. The molecule has 0 aliphatic rings. The molecule has 3 aromatic carbocycles. The van der Waals surface area contributed by atoms with E-state index in [0.29, 0.717) is 28.2 Å². The molecule has 0 aromatic heterocycles. The monoisotopic (exact) mass is 352 g/mol. The molecule has 0 spiro atoms. The Morgan fingerprint density at radius 1 is 0.800 bits per heavy atom. The predicted octanol–water partition coefficient (Wildman–Crippen LogP) is 3.82. The van der Waals surface area contributed by atoms with Gasteiger partial charge in [0.2, 0.25) is 0 Å². The van der Waals surface area contributed by atoms with Crippen molar-refractivity contribution < 1.29 is 18.6 Å².